The Morgan fingerprint density at radius 3 is 2.24 bits per heavy atom. The maximum atomic E-state index is 12.3. The van der Waals surface area contributed by atoms with E-state index in [1.165, 1.54) is 11.3 Å². The Balaban J connectivity index is 1.57. The van der Waals surface area contributed by atoms with Gasteiger partial charge in [-0.3, -0.25) is 14.4 Å². The molecule has 2 aromatic carbocycles. The first-order valence-corrected chi connectivity index (χ1v) is 10.9. The van der Waals surface area contributed by atoms with Gasteiger partial charge in [0.25, 0.3) is 11.8 Å². The fraction of sp³-hybridized carbons (Fsp3) is 0.167. The van der Waals surface area contributed by atoms with Crippen LogP contribution in [-0.4, -0.2) is 43.5 Å². The summed E-state index contributed by atoms with van der Waals surface area (Å²) in [7, 11) is 0. The van der Waals surface area contributed by atoms with E-state index < -0.39 is 30.4 Å². The number of carbonyl (C=O) groups is 4. The smallest absolute Gasteiger partial charge is 0.341 e. The van der Waals surface area contributed by atoms with Crippen molar-refractivity contribution in [2.45, 2.75) is 6.92 Å². The lowest BCUT2D eigenvalue weighted by molar-refractivity contribution is -0.146. The van der Waals surface area contributed by atoms with Crippen LogP contribution >= 0.6 is 11.3 Å². The molecule has 9 heteroatoms. The number of ether oxygens (including phenoxy) is 2. The quantitative estimate of drug-likeness (QED) is 0.467. The molecule has 0 aliphatic carbocycles. The highest BCUT2D eigenvalue weighted by atomic mass is 32.1. The summed E-state index contributed by atoms with van der Waals surface area (Å²) in [6.45, 7) is 0.929. The third kappa shape index (κ3) is 6.75. The fourth-order valence-electron chi connectivity index (χ4n) is 2.79. The molecule has 8 nitrogen and oxygen atoms in total. The minimum Gasteiger partial charge on any atom is -0.462 e. The molecule has 0 saturated carbocycles. The molecule has 3 aromatic rings. The van der Waals surface area contributed by atoms with Crippen LogP contribution in [0.15, 0.2) is 66.7 Å². The molecule has 33 heavy (non-hydrogen) atoms. The van der Waals surface area contributed by atoms with Crippen LogP contribution in [0.2, 0.25) is 0 Å². The average molecular weight is 467 g/mol. The summed E-state index contributed by atoms with van der Waals surface area (Å²) in [5, 5.41) is 5.32. The van der Waals surface area contributed by atoms with Crippen molar-refractivity contribution >= 4 is 40.1 Å². The Morgan fingerprint density at radius 2 is 1.58 bits per heavy atom. The summed E-state index contributed by atoms with van der Waals surface area (Å²) in [4.78, 5) is 49.3. The second-order valence-electron chi connectivity index (χ2n) is 6.70. The van der Waals surface area contributed by atoms with Gasteiger partial charge in [-0.1, -0.05) is 48.5 Å². The van der Waals surface area contributed by atoms with Crippen LogP contribution in [0.4, 0.5) is 5.00 Å². The van der Waals surface area contributed by atoms with Crippen molar-refractivity contribution in [1.82, 2.24) is 5.32 Å². The number of nitrogens with one attached hydrogen (secondary N) is 2. The molecule has 0 atom stereocenters. The van der Waals surface area contributed by atoms with Gasteiger partial charge in [-0.15, -0.1) is 11.3 Å². The van der Waals surface area contributed by atoms with Crippen LogP contribution in [0.5, 0.6) is 0 Å². The average Bonchev–Trinajstić information content (AvgIpc) is 3.26. The lowest BCUT2D eigenvalue weighted by Gasteiger charge is -2.08. The Kier molecular flexibility index (Phi) is 8.31. The Hall–Kier alpha value is -3.98. The number of hydrogen-bond donors (Lipinski definition) is 2. The number of amides is 2. The third-order valence-corrected chi connectivity index (χ3v) is 5.43. The molecule has 1 heterocycles. The van der Waals surface area contributed by atoms with Crippen molar-refractivity contribution < 1.29 is 28.7 Å². The summed E-state index contributed by atoms with van der Waals surface area (Å²) in [6.07, 6.45) is 0. The number of esters is 2. The first kappa shape index (κ1) is 23.7. The van der Waals surface area contributed by atoms with Crippen LogP contribution in [0.25, 0.3) is 10.4 Å². The normalized spacial score (nSPS) is 10.2. The van der Waals surface area contributed by atoms with Crippen LogP contribution in [0, 0.1) is 0 Å². The maximum absolute atomic E-state index is 12.3. The zero-order valence-corrected chi connectivity index (χ0v) is 18.6. The molecular formula is C24H22N2O6S. The van der Waals surface area contributed by atoms with E-state index in [2.05, 4.69) is 10.6 Å². The van der Waals surface area contributed by atoms with E-state index >= 15 is 0 Å². The van der Waals surface area contributed by atoms with Crippen molar-refractivity contribution in [2.75, 3.05) is 25.1 Å². The highest BCUT2D eigenvalue weighted by Crippen LogP contribution is 2.35. The summed E-state index contributed by atoms with van der Waals surface area (Å²) >= 11 is 1.21. The highest BCUT2D eigenvalue weighted by molar-refractivity contribution is 7.20. The van der Waals surface area contributed by atoms with Gasteiger partial charge >= 0.3 is 11.9 Å². The van der Waals surface area contributed by atoms with Crippen LogP contribution in [0.1, 0.15) is 27.6 Å². The van der Waals surface area contributed by atoms with E-state index in [4.69, 9.17) is 9.47 Å². The second-order valence-corrected chi connectivity index (χ2v) is 7.75. The minimum atomic E-state index is -0.767. The number of thiophene rings is 1. The van der Waals surface area contributed by atoms with Crippen molar-refractivity contribution in [2.24, 2.45) is 0 Å². The molecule has 0 aliphatic rings. The van der Waals surface area contributed by atoms with Gasteiger partial charge in [0.2, 0.25) is 0 Å². The molecule has 0 fully saturated rings. The predicted molar refractivity (Wildman–Crippen MR) is 124 cm³/mol. The van der Waals surface area contributed by atoms with E-state index in [0.717, 1.165) is 10.4 Å². The van der Waals surface area contributed by atoms with Gasteiger partial charge in [0.15, 0.2) is 6.61 Å². The molecule has 0 bridgehead atoms. The summed E-state index contributed by atoms with van der Waals surface area (Å²) in [5.41, 5.74) is 1.51. The Bertz CT molecular complexity index is 1130. The molecule has 1 aromatic heterocycles. The molecule has 0 saturated heterocycles. The molecular weight excluding hydrogens is 444 g/mol. The van der Waals surface area contributed by atoms with Gasteiger partial charge < -0.3 is 20.1 Å². The summed E-state index contributed by atoms with van der Waals surface area (Å²) in [6, 6.07) is 19.4. The number of anilines is 1. The van der Waals surface area contributed by atoms with Gasteiger partial charge in [-0.2, -0.15) is 0 Å². The van der Waals surface area contributed by atoms with Crippen LogP contribution in [-0.2, 0) is 19.1 Å². The predicted octanol–water partition coefficient (Wildman–Crippen LogP) is 3.50. The largest absolute Gasteiger partial charge is 0.462 e. The maximum Gasteiger partial charge on any atom is 0.341 e. The van der Waals surface area contributed by atoms with Crippen LogP contribution in [0.3, 0.4) is 0 Å². The zero-order valence-electron chi connectivity index (χ0n) is 17.8. The Morgan fingerprint density at radius 1 is 0.909 bits per heavy atom. The van der Waals surface area contributed by atoms with Gasteiger partial charge in [0, 0.05) is 10.4 Å². The van der Waals surface area contributed by atoms with E-state index in [-0.39, 0.29) is 18.7 Å². The van der Waals surface area contributed by atoms with Gasteiger partial charge in [0.05, 0.1) is 12.2 Å². The number of benzene rings is 2. The minimum absolute atomic E-state index is 0.190. The Labute approximate surface area is 194 Å². The first-order chi connectivity index (χ1) is 16.0. The third-order valence-electron chi connectivity index (χ3n) is 4.33. The molecule has 2 N–H and O–H groups in total. The van der Waals surface area contributed by atoms with Crippen LogP contribution < -0.4 is 10.6 Å². The van der Waals surface area contributed by atoms with Gasteiger partial charge in [-0.25, -0.2) is 4.79 Å². The topological polar surface area (TPSA) is 111 Å². The van der Waals surface area contributed by atoms with Crippen molar-refractivity contribution in [3.63, 3.8) is 0 Å². The molecule has 0 radical (unpaired) electrons. The fourth-order valence-corrected chi connectivity index (χ4v) is 3.86. The lowest BCUT2D eigenvalue weighted by atomic mass is 10.1. The van der Waals surface area contributed by atoms with Gasteiger partial charge in [0.1, 0.15) is 11.5 Å². The molecule has 3 rings (SSSR count). The second kappa shape index (κ2) is 11.6. The lowest BCUT2D eigenvalue weighted by Crippen LogP contribution is -2.32. The number of rotatable bonds is 9. The van der Waals surface area contributed by atoms with Crippen molar-refractivity contribution in [3.8, 4) is 10.4 Å². The molecule has 2 amide bonds. The zero-order chi connectivity index (χ0) is 23.6. The standard InChI is InChI=1S/C24H22N2O6S/c1-2-31-24(30)18-13-19(16-9-5-3-6-10-16)33-23(18)26-20(27)15-32-21(28)14-25-22(29)17-11-7-4-8-12-17/h3-13H,2,14-15H2,1H3,(H,25,29)(H,26,27). The monoisotopic (exact) mass is 466 g/mol. The molecule has 170 valence electrons. The van der Waals surface area contributed by atoms with E-state index in [1.54, 1.807) is 43.3 Å². The molecule has 0 unspecified atom stereocenters. The first-order valence-electron chi connectivity index (χ1n) is 10.1. The summed E-state index contributed by atoms with van der Waals surface area (Å²) < 4.78 is 10.0. The van der Waals surface area contributed by atoms with E-state index in [9.17, 15) is 19.2 Å². The van der Waals surface area contributed by atoms with E-state index in [1.807, 2.05) is 30.3 Å². The SMILES string of the molecule is CCOC(=O)c1cc(-c2ccccc2)sc1NC(=O)COC(=O)CNC(=O)c1ccccc1. The van der Waals surface area contributed by atoms with Crippen molar-refractivity contribution in [3.05, 3.63) is 77.9 Å². The number of hydrogen-bond acceptors (Lipinski definition) is 7. The molecule has 0 spiro atoms. The van der Waals surface area contributed by atoms with E-state index in [0.29, 0.717) is 10.6 Å². The van der Waals surface area contributed by atoms with Crippen molar-refractivity contribution in [1.29, 1.82) is 0 Å². The van der Waals surface area contributed by atoms with Gasteiger partial charge in [-0.05, 0) is 30.7 Å². The highest BCUT2D eigenvalue weighted by Gasteiger charge is 2.20. The summed E-state index contributed by atoms with van der Waals surface area (Å²) in [5.74, 6) is -2.38. The number of carbonyl (C=O) groups excluding carboxylic acids is 4. The molecule has 0 aliphatic heterocycles.